The van der Waals surface area contributed by atoms with Crippen LogP contribution in [0.2, 0.25) is 0 Å². The fourth-order valence-electron chi connectivity index (χ4n) is 1.93. The Morgan fingerprint density at radius 1 is 1.35 bits per heavy atom. The summed E-state index contributed by atoms with van der Waals surface area (Å²) in [6.07, 6.45) is -4.04. The summed E-state index contributed by atoms with van der Waals surface area (Å²) in [6, 6.07) is 2.56. The monoisotopic (exact) mass is 333 g/mol. The van der Waals surface area contributed by atoms with Gasteiger partial charge in [0.25, 0.3) is 0 Å². The van der Waals surface area contributed by atoms with Gasteiger partial charge in [0.1, 0.15) is 0 Å². The molecule has 1 unspecified atom stereocenters. The fourth-order valence-corrected chi connectivity index (χ4v) is 1.93. The Morgan fingerprint density at radius 2 is 2.00 bits per heavy atom. The van der Waals surface area contributed by atoms with Crippen LogP contribution in [-0.4, -0.2) is 37.9 Å². The SMILES string of the molecule is CCC(O)CCNC(=O)Nc1cc(C(F)(F)F)ccc1N(C)C. The molecule has 0 saturated carbocycles. The van der Waals surface area contributed by atoms with Crippen LogP contribution in [0.1, 0.15) is 25.3 Å². The normalized spacial score (nSPS) is 12.7. The van der Waals surface area contributed by atoms with Crippen molar-refractivity contribution in [2.24, 2.45) is 0 Å². The van der Waals surface area contributed by atoms with Crippen LogP contribution in [0.4, 0.5) is 29.3 Å². The first kappa shape index (κ1) is 19.1. The molecule has 0 aromatic heterocycles. The first-order valence-corrected chi connectivity index (χ1v) is 7.26. The number of carbonyl (C=O) groups is 1. The van der Waals surface area contributed by atoms with Gasteiger partial charge in [-0.2, -0.15) is 13.2 Å². The molecule has 0 heterocycles. The lowest BCUT2D eigenvalue weighted by Crippen LogP contribution is -2.31. The van der Waals surface area contributed by atoms with E-state index in [0.717, 1.165) is 12.1 Å². The number of carbonyl (C=O) groups excluding carboxylic acids is 1. The van der Waals surface area contributed by atoms with Gasteiger partial charge in [0.2, 0.25) is 0 Å². The Bertz CT molecular complexity index is 533. The van der Waals surface area contributed by atoms with E-state index in [1.54, 1.807) is 19.0 Å². The molecular formula is C15H22F3N3O2. The number of urea groups is 1. The number of hydrogen-bond donors (Lipinski definition) is 3. The molecule has 130 valence electrons. The Balaban J connectivity index is 2.82. The number of alkyl halides is 3. The van der Waals surface area contributed by atoms with Crippen LogP contribution in [0.15, 0.2) is 18.2 Å². The summed E-state index contributed by atoms with van der Waals surface area (Å²) in [5, 5.41) is 14.3. The second-order valence-corrected chi connectivity index (χ2v) is 5.36. The highest BCUT2D eigenvalue weighted by Gasteiger charge is 2.31. The average molecular weight is 333 g/mol. The number of nitrogens with zero attached hydrogens (tertiary/aromatic N) is 1. The van der Waals surface area contributed by atoms with E-state index in [2.05, 4.69) is 10.6 Å². The standard InChI is InChI=1S/C15H22F3N3O2/c1-4-11(22)7-8-19-14(23)20-12-9-10(15(16,17)18)5-6-13(12)21(2)3/h5-6,9,11,22H,4,7-8H2,1-3H3,(H2,19,20,23). The van der Waals surface area contributed by atoms with E-state index in [1.165, 1.54) is 6.07 Å². The maximum absolute atomic E-state index is 12.8. The highest BCUT2D eigenvalue weighted by atomic mass is 19.4. The number of nitrogens with one attached hydrogen (secondary N) is 2. The van der Waals surface area contributed by atoms with Gasteiger partial charge in [0, 0.05) is 20.6 Å². The molecule has 1 rings (SSSR count). The maximum atomic E-state index is 12.8. The largest absolute Gasteiger partial charge is 0.416 e. The number of amides is 2. The molecule has 1 aromatic rings. The molecule has 0 aliphatic carbocycles. The lowest BCUT2D eigenvalue weighted by Gasteiger charge is -2.20. The van der Waals surface area contributed by atoms with E-state index in [1.807, 2.05) is 6.92 Å². The first-order valence-electron chi connectivity index (χ1n) is 7.26. The second-order valence-electron chi connectivity index (χ2n) is 5.36. The van der Waals surface area contributed by atoms with E-state index in [0.29, 0.717) is 18.5 Å². The average Bonchev–Trinajstić information content (AvgIpc) is 2.45. The van der Waals surface area contributed by atoms with Crippen LogP contribution in [-0.2, 0) is 6.18 Å². The zero-order valence-corrected chi connectivity index (χ0v) is 13.4. The summed E-state index contributed by atoms with van der Waals surface area (Å²) in [5.74, 6) is 0. The number of halogens is 3. The minimum atomic E-state index is -4.48. The van der Waals surface area contributed by atoms with Crippen molar-refractivity contribution >= 4 is 17.4 Å². The molecule has 3 N–H and O–H groups in total. The van der Waals surface area contributed by atoms with E-state index in [4.69, 9.17) is 0 Å². The molecule has 0 fully saturated rings. The highest BCUT2D eigenvalue weighted by molar-refractivity contribution is 5.93. The predicted molar refractivity (Wildman–Crippen MR) is 83.7 cm³/mol. The van der Waals surface area contributed by atoms with Crippen molar-refractivity contribution in [1.82, 2.24) is 5.32 Å². The molecular weight excluding hydrogens is 311 g/mol. The van der Waals surface area contributed by atoms with Gasteiger partial charge in [-0.1, -0.05) is 6.92 Å². The zero-order chi connectivity index (χ0) is 17.6. The first-order chi connectivity index (χ1) is 10.6. The van der Waals surface area contributed by atoms with Gasteiger partial charge < -0.3 is 20.6 Å². The Labute approximate surface area is 133 Å². The van der Waals surface area contributed by atoms with Crippen LogP contribution in [0.5, 0.6) is 0 Å². The topological polar surface area (TPSA) is 64.6 Å². The fraction of sp³-hybridized carbons (Fsp3) is 0.533. The molecule has 8 heteroatoms. The number of aliphatic hydroxyl groups is 1. The molecule has 0 aliphatic heterocycles. The van der Waals surface area contributed by atoms with Crippen LogP contribution in [0, 0.1) is 0 Å². The minimum Gasteiger partial charge on any atom is -0.393 e. The van der Waals surface area contributed by atoms with E-state index >= 15 is 0 Å². The van der Waals surface area contributed by atoms with Crippen molar-refractivity contribution in [1.29, 1.82) is 0 Å². The molecule has 23 heavy (non-hydrogen) atoms. The van der Waals surface area contributed by atoms with E-state index < -0.39 is 23.9 Å². The summed E-state index contributed by atoms with van der Waals surface area (Å²) >= 11 is 0. The van der Waals surface area contributed by atoms with Crippen LogP contribution in [0.25, 0.3) is 0 Å². The highest BCUT2D eigenvalue weighted by Crippen LogP contribution is 2.34. The van der Waals surface area contributed by atoms with Crippen molar-refractivity contribution in [3.05, 3.63) is 23.8 Å². The number of anilines is 2. The molecule has 0 aliphatic rings. The Hall–Kier alpha value is -1.96. The van der Waals surface area contributed by atoms with Gasteiger partial charge in [-0.3, -0.25) is 0 Å². The van der Waals surface area contributed by atoms with Crippen LogP contribution >= 0.6 is 0 Å². The maximum Gasteiger partial charge on any atom is 0.416 e. The predicted octanol–water partition coefficient (Wildman–Crippen LogP) is 3.05. The van der Waals surface area contributed by atoms with Gasteiger partial charge in [-0.25, -0.2) is 4.79 Å². The lowest BCUT2D eigenvalue weighted by molar-refractivity contribution is -0.137. The molecule has 0 saturated heterocycles. The van der Waals surface area contributed by atoms with Crippen molar-refractivity contribution in [3.63, 3.8) is 0 Å². The van der Waals surface area contributed by atoms with Crippen molar-refractivity contribution in [2.75, 3.05) is 30.9 Å². The molecule has 0 spiro atoms. The van der Waals surface area contributed by atoms with Gasteiger partial charge >= 0.3 is 12.2 Å². The summed E-state index contributed by atoms with van der Waals surface area (Å²) in [5.41, 5.74) is -0.306. The van der Waals surface area contributed by atoms with Crippen molar-refractivity contribution < 1.29 is 23.1 Å². The molecule has 0 radical (unpaired) electrons. The third kappa shape index (κ3) is 5.97. The summed E-state index contributed by atoms with van der Waals surface area (Å²) in [4.78, 5) is 13.4. The van der Waals surface area contributed by atoms with Crippen LogP contribution < -0.4 is 15.5 Å². The Morgan fingerprint density at radius 3 is 2.52 bits per heavy atom. The molecule has 0 bridgehead atoms. The quantitative estimate of drug-likeness (QED) is 0.750. The smallest absolute Gasteiger partial charge is 0.393 e. The van der Waals surface area contributed by atoms with E-state index in [9.17, 15) is 23.1 Å². The van der Waals surface area contributed by atoms with E-state index in [-0.39, 0.29) is 12.2 Å². The van der Waals surface area contributed by atoms with Gasteiger partial charge in [0.15, 0.2) is 0 Å². The van der Waals surface area contributed by atoms with Crippen molar-refractivity contribution in [3.8, 4) is 0 Å². The third-order valence-electron chi connectivity index (χ3n) is 3.29. The number of rotatable bonds is 6. The van der Waals surface area contributed by atoms with Crippen molar-refractivity contribution in [2.45, 2.75) is 32.0 Å². The van der Waals surface area contributed by atoms with Gasteiger partial charge in [-0.05, 0) is 31.0 Å². The summed E-state index contributed by atoms with van der Waals surface area (Å²) in [7, 11) is 3.34. The number of benzene rings is 1. The third-order valence-corrected chi connectivity index (χ3v) is 3.29. The lowest BCUT2D eigenvalue weighted by atomic mass is 10.1. The van der Waals surface area contributed by atoms with Gasteiger partial charge in [-0.15, -0.1) is 0 Å². The molecule has 5 nitrogen and oxygen atoms in total. The molecule has 2 amide bonds. The second kappa shape index (κ2) is 8.05. The Kier molecular flexibility index (Phi) is 6.68. The summed E-state index contributed by atoms with van der Waals surface area (Å²) < 4.78 is 38.4. The summed E-state index contributed by atoms with van der Waals surface area (Å²) in [6.45, 7) is 2.05. The molecule has 1 atom stereocenters. The number of aliphatic hydroxyl groups excluding tert-OH is 1. The molecule has 1 aromatic carbocycles. The van der Waals surface area contributed by atoms with Gasteiger partial charge in [0.05, 0.1) is 23.0 Å². The number of hydrogen-bond acceptors (Lipinski definition) is 3. The van der Waals surface area contributed by atoms with Crippen LogP contribution in [0.3, 0.4) is 0 Å². The zero-order valence-electron chi connectivity index (χ0n) is 13.4. The minimum absolute atomic E-state index is 0.0679.